The predicted molar refractivity (Wildman–Crippen MR) is 66.7 cm³/mol. The lowest BCUT2D eigenvalue weighted by Gasteiger charge is -2.19. The van der Waals surface area contributed by atoms with Gasteiger partial charge in [-0.05, 0) is 35.7 Å². The van der Waals surface area contributed by atoms with Crippen molar-refractivity contribution in [1.82, 2.24) is 5.43 Å². The van der Waals surface area contributed by atoms with Crippen LogP contribution in [0.5, 0.6) is 0 Å². The SMILES string of the molecule is Cc1ccc(F)cc1C(NN)c1ccccc1. The third-order valence-electron chi connectivity index (χ3n) is 2.85. The molecular formula is C14H15FN2. The van der Waals surface area contributed by atoms with Crippen LogP contribution < -0.4 is 11.3 Å². The van der Waals surface area contributed by atoms with Crippen molar-refractivity contribution in [1.29, 1.82) is 0 Å². The minimum Gasteiger partial charge on any atom is -0.271 e. The molecule has 0 amide bonds. The average Bonchev–Trinajstić information content (AvgIpc) is 2.36. The summed E-state index contributed by atoms with van der Waals surface area (Å²) in [6.45, 7) is 1.95. The standard InChI is InChI=1S/C14H15FN2/c1-10-7-8-12(15)9-13(10)14(17-16)11-5-3-2-4-6-11/h2-9,14,17H,16H2,1H3. The molecule has 2 aromatic carbocycles. The topological polar surface area (TPSA) is 38.0 Å². The maximum Gasteiger partial charge on any atom is 0.123 e. The van der Waals surface area contributed by atoms with E-state index in [0.29, 0.717) is 0 Å². The van der Waals surface area contributed by atoms with Crippen LogP contribution in [0.1, 0.15) is 22.7 Å². The Morgan fingerprint density at radius 3 is 2.47 bits per heavy atom. The fraction of sp³-hybridized carbons (Fsp3) is 0.143. The molecule has 0 aliphatic carbocycles. The monoisotopic (exact) mass is 230 g/mol. The van der Waals surface area contributed by atoms with Crippen molar-refractivity contribution in [3.8, 4) is 0 Å². The molecular weight excluding hydrogens is 215 g/mol. The van der Waals surface area contributed by atoms with Gasteiger partial charge in [-0.3, -0.25) is 5.84 Å². The first kappa shape index (κ1) is 11.8. The smallest absolute Gasteiger partial charge is 0.123 e. The second kappa shape index (κ2) is 5.08. The first-order chi connectivity index (χ1) is 8.22. The molecule has 88 valence electrons. The zero-order valence-corrected chi connectivity index (χ0v) is 9.65. The molecule has 2 nitrogen and oxygen atoms in total. The van der Waals surface area contributed by atoms with Gasteiger partial charge in [-0.2, -0.15) is 0 Å². The second-order valence-corrected chi connectivity index (χ2v) is 4.01. The van der Waals surface area contributed by atoms with Crippen molar-refractivity contribution >= 4 is 0 Å². The van der Waals surface area contributed by atoms with Crippen LogP contribution in [-0.2, 0) is 0 Å². The number of hydrogen-bond acceptors (Lipinski definition) is 2. The molecule has 2 rings (SSSR count). The number of halogens is 1. The van der Waals surface area contributed by atoms with E-state index in [1.54, 1.807) is 6.07 Å². The summed E-state index contributed by atoms with van der Waals surface area (Å²) in [7, 11) is 0. The lowest BCUT2D eigenvalue weighted by Crippen LogP contribution is -2.29. The van der Waals surface area contributed by atoms with Crippen LogP contribution in [0, 0.1) is 12.7 Å². The first-order valence-corrected chi connectivity index (χ1v) is 5.49. The minimum absolute atomic E-state index is 0.188. The Hall–Kier alpha value is -1.71. The lowest BCUT2D eigenvalue weighted by molar-refractivity contribution is 0.603. The van der Waals surface area contributed by atoms with E-state index in [2.05, 4.69) is 5.43 Å². The van der Waals surface area contributed by atoms with E-state index < -0.39 is 0 Å². The Labute approximate surface area is 100 Å². The van der Waals surface area contributed by atoms with E-state index in [0.717, 1.165) is 16.7 Å². The zero-order valence-electron chi connectivity index (χ0n) is 9.65. The molecule has 0 radical (unpaired) electrons. The second-order valence-electron chi connectivity index (χ2n) is 4.01. The largest absolute Gasteiger partial charge is 0.271 e. The van der Waals surface area contributed by atoms with Gasteiger partial charge < -0.3 is 0 Å². The predicted octanol–water partition coefficient (Wildman–Crippen LogP) is 2.69. The molecule has 0 saturated heterocycles. The van der Waals surface area contributed by atoms with E-state index in [1.807, 2.05) is 37.3 Å². The van der Waals surface area contributed by atoms with Crippen LogP contribution in [-0.4, -0.2) is 0 Å². The number of aryl methyl sites for hydroxylation is 1. The van der Waals surface area contributed by atoms with Gasteiger partial charge in [-0.15, -0.1) is 0 Å². The molecule has 1 atom stereocenters. The molecule has 3 heteroatoms. The molecule has 2 aromatic rings. The summed E-state index contributed by atoms with van der Waals surface area (Å²) >= 11 is 0. The Bertz CT molecular complexity index is 497. The summed E-state index contributed by atoms with van der Waals surface area (Å²) in [5.74, 6) is 5.33. The highest BCUT2D eigenvalue weighted by molar-refractivity contribution is 5.36. The van der Waals surface area contributed by atoms with Crippen molar-refractivity contribution in [3.63, 3.8) is 0 Å². The van der Waals surface area contributed by atoms with Crippen LogP contribution >= 0.6 is 0 Å². The highest BCUT2D eigenvalue weighted by atomic mass is 19.1. The summed E-state index contributed by atoms with van der Waals surface area (Å²) in [4.78, 5) is 0. The van der Waals surface area contributed by atoms with Crippen molar-refractivity contribution in [3.05, 3.63) is 71.0 Å². The Balaban J connectivity index is 2.46. The average molecular weight is 230 g/mol. The van der Waals surface area contributed by atoms with Crippen molar-refractivity contribution in [2.24, 2.45) is 5.84 Å². The van der Waals surface area contributed by atoms with Gasteiger partial charge in [-0.1, -0.05) is 36.4 Å². The van der Waals surface area contributed by atoms with E-state index in [9.17, 15) is 4.39 Å². The fourth-order valence-electron chi connectivity index (χ4n) is 1.93. The quantitative estimate of drug-likeness (QED) is 0.628. The molecule has 0 aromatic heterocycles. The van der Waals surface area contributed by atoms with Crippen LogP contribution in [0.15, 0.2) is 48.5 Å². The van der Waals surface area contributed by atoms with Crippen LogP contribution in [0.4, 0.5) is 4.39 Å². The number of nitrogens with two attached hydrogens (primary N) is 1. The van der Waals surface area contributed by atoms with Gasteiger partial charge in [0.1, 0.15) is 5.82 Å². The molecule has 17 heavy (non-hydrogen) atoms. The molecule has 0 bridgehead atoms. The Morgan fingerprint density at radius 2 is 1.82 bits per heavy atom. The van der Waals surface area contributed by atoms with Gasteiger partial charge in [0.05, 0.1) is 6.04 Å². The lowest BCUT2D eigenvalue weighted by atomic mass is 9.95. The third kappa shape index (κ3) is 2.52. The van der Waals surface area contributed by atoms with Crippen molar-refractivity contribution in [2.75, 3.05) is 0 Å². The highest BCUT2D eigenvalue weighted by Gasteiger charge is 2.14. The highest BCUT2D eigenvalue weighted by Crippen LogP contribution is 2.24. The normalized spacial score (nSPS) is 12.4. The summed E-state index contributed by atoms with van der Waals surface area (Å²) in [5.41, 5.74) is 5.63. The summed E-state index contributed by atoms with van der Waals surface area (Å²) in [6, 6.07) is 14.3. The van der Waals surface area contributed by atoms with Gasteiger partial charge in [0.25, 0.3) is 0 Å². The molecule has 0 heterocycles. The van der Waals surface area contributed by atoms with Crippen LogP contribution in [0.25, 0.3) is 0 Å². The Morgan fingerprint density at radius 1 is 1.12 bits per heavy atom. The molecule has 0 saturated carbocycles. The molecule has 0 aliphatic heterocycles. The van der Waals surface area contributed by atoms with Gasteiger partial charge in [0.15, 0.2) is 0 Å². The number of hydrogen-bond donors (Lipinski definition) is 2. The summed E-state index contributed by atoms with van der Waals surface area (Å²) < 4.78 is 13.3. The molecule has 3 N–H and O–H groups in total. The molecule has 0 fully saturated rings. The zero-order chi connectivity index (χ0) is 12.3. The van der Waals surface area contributed by atoms with E-state index in [1.165, 1.54) is 12.1 Å². The van der Waals surface area contributed by atoms with Crippen molar-refractivity contribution < 1.29 is 4.39 Å². The minimum atomic E-state index is -0.248. The molecule has 1 unspecified atom stereocenters. The summed E-state index contributed by atoms with van der Waals surface area (Å²) in [6.07, 6.45) is 0. The maximum absolute atomic E-state index is 13.3. The first-order valence-electron chi connectivity index (χ1n) is 5.49. The fourth-order valence-corrected chi connectivity index (χ4v) is 1.93. The Kier molecular flexibility index (Phi) is 3.52. The number of benzene rings is 2. The van der Waals surface area contributed by atoms with Gasteiger partial charge in [-0.25, -0.2) is 9.82 Å². The van der Waals surface area contributed by atoms with Gasteiger partial charge in [0.2, 0.25) is 0 Å². The van der Waals surface area contributed by atoms with E-state index >= 15 is 0 Å². The number of hydrazine groups is 1. The van der Waals surface area contributed by atoms with E-state index in [-0.39, 0.29) is 11.9 Å². The number of rotatable bonds is 3. The molecule has 0 aliphatic rings. The van der Waals surface area contributed by atoms with Crippen LogP contribution in [0.3, 0.4) is 0 Å². The van der Waals surface area contributed by atoms with Crippen molar-refractivity contribution in [2.45, 2.75) is 13.0 Å². The number of nitrogens with one attached hydrogen (secondary N) is 1. The third-order valence-corrected chi connectivity index (χ3v) is 2.85. The summed E-state index contributed by atoms with van der Waals surface area (Å²) in [5, 5.41) is 0. The van der Waals surface area contributed by atoms with Crippen LogP contribution in [0.2, 0.25) is 0 Å². The molecule has 0 spiro atoms. The maximum atomic E-state index is 13.3. The van der Waals surface area contributed by atoms with Gasteiger partial charge >= 0.3 is 0 Å². The van der Waals surface area contributed by atoms with Gasteiger partial charge in [0, 0.05) is 0 Å². The van der Waals surface area contributed by atoms with E-state index in [4.69, 9.17) is 5.84 Å².